The number of amides is 3. The molecule has 1 heterocycles. The number of nitrogens with one attached hydrogen (secondary N) is 1. The minimum atomic E-state index is -4.43. The summed E-state index contributed by atoms with van der Waals surface area (Å²) < 4.78 is 37.6. The summed E-state index contributed by atoms with van der Waals surface area (Å²) in [5.74, 6) is -0.914. The van der Waals surface area contributed by atoms with Crippen LogP contribution in [-0.2, 0) is 22.3 Å². The fourth-order valence-corrected chi connectivity index (χ4v) is 2.69. The van der Waals surface area contributed by atoms with Gasteiger partial charge in [0.05, 0.1) is 12.1 Å². The molecule has 0 atom stereocenters. The number of anilines is 1. The maximum Gasteiger partial charge on any atom is 0.416 e. The quantitative estimate of drug-likeness (QED) is 0.829. The lowest BCUT2D eigenvalue weighted by Crippen LogP contribution is -2.28. The van der Waals surface area contributed by atoms with E-state index in [0.29, 0.717) is 11.1 Å². The lowest BCUT2D eigenvalue weighted by molar-refractivity contribution is -0.139. The van der Waals surface area contributed by atoms with Crippen molar-refractivity contribution in [3.63, 3.8) is 0 Å². The smallest absolute Gasteiger partial charge is 0.322 e. The fraction of sp³-hybridized carbons (Fsp3) is 0.211. The Bertz CT molecular complexity index is 859. The van der Waals surface area contributed by atoms with E-state index in [1.807, 2.05) is 0 Å². The summed E-state index contributed by atoms with van der Waals surface area (Å²) in [6.45, 7) is 0.151. The van der Waals surface area contributed by atoms with Gasteiger partial charge < -0.3 is 5.32 Å². The van der Waals surface area contributed by atoms with Gasteiger partial charge in [-0.2, -0.15) is 13.2 Å². The molecule has 0 unspecified atom stereocenters. The third kappa shape index (κ3) is 4.33. The van der Waals surface area contributed by atoms with Crippen LogP contribution in [0.3, 0.4) is 0 Å². The number of benzene rings is 2. The zero-order valence-corrected chi connectivity index (χ0v) is 14.0. The maximum atomic E-state index is 12.5. The van der Waals surface area contributed by atoms with Gasteiger partial charge >= 0.3 is 6.18 Å². The number of nitrogens with zero attached hydrogens (tertiary/aromatic N) is 1. The number of hydrogen-bond donors (Lipinski definition) is 1. The Balaban J connectivity index is 1.64. The van der Waals surface area contributed by atoms with Crippen molar-refractivity contribution >= 4 is 23.4 Å². The number of carbonyl (C=O) groups is 3. The molecule has 1 N–H and O–H groups in total. The molecule has 0 bridgehead atoms. The summed E-state index contributed by atoms with van der Waals surface area (Å²) in [5, 5.41) is 2.52. The van der Waals surface area contributed by atoms with E-state index in [1.54, 1.807) is 12.1 Å². The topological polar surface area (TPSA) is 66.5 Å². The first-order chi connectivity index (χ1) is 12.7. The molecule has 1 aliphatic heterocycles. The van der Waals surface area contributed by atoms with Crippen molar-refractivity contribution in [1.82, 2.24) is 4.90 Å². The molecule has 3 rings (SSSR count). The SMILES string of the molecule is O=C(Nc1ccc(C(F)(F)F)cc1)c1ccc(CN2C(=O)CCC2=O)cc1. The summed E-state index contributed by atoms with van der Waals surface area (Å²) in [6, 6.07) is 10.4. The highest BCUT2D eigenvalue weighted by Gasteiger charge is 2.30. The van der Waals surface area contributed by atoms with Gasteiger partial charge in [0.25, 0.3) is 5.91 Å². The van der Waals surface area contributed by atoms with Crippen LogP contribution in [0.2, 0.25) is 0 Å². The first-order valence-corrected chi connectivity index (χ1v) is 8.15. The number of halogens is 3. The Kier molecular flexibility index (Phi) is 4.98. The summed E-state index contributed by atoms with van der Waals surface area (Å²) in [4.78, 5) is 36.6. The summed E-state index contributed by atoms with van der Waals surface area (Å²) >= 11 is 0. The van der Waals surface area contributed by atoms with Crippen molar-refractivity contribution < 1.29 is 27.6 Å². The Morgan fingerprint density at radius 1 is 0.926 bits per heavy atom. The van der Waals surface area contributed by atoms with Crippen molar-refractivity contribution in [1.29, 1.82) is 0 Å². The second-order valence-corrected chi connectivity index (χ2v) is 6.10. The number of carbonyl (C=O) groups excluding carboxylic acids is 3. The highest BCUT2D eigenvalue weighted by Crippen LogP contribution is 2.29. The molecular formula is C19H15F3N2O3. The van der Waals surface area contributed by atoms with Gasteiger partial charge in [0, 0.05) is 24.1 Å². The summed E-state index contributed by atoms with van der Waals surface area (Å²) in [6.07, 6.45) is -4.00. The maximum absolute atomic E-state index is 12.5. The molecule has 8 heteroatoms. The van der Waals surface area contributed by atoms with Crippen LogP contribution in [0.5, 0.6) is 0 Å². The molecule has 0 aliphatic carbocycles. The monoisotopic (exact) mass is 376 g/mol. The number of rotatable bonds is 4. The van der Waals surface area contributed by atoms with Crippen molar-refractivity contribution in [3.8, 4) is 0 Å². The van der Waals surface area contributed by atoms with Gasteiger partial charge in [-0.1, -0.05) is 12.1 Å². The van der Waals surface area contributed by atoms with Crippen molar-refractivity contribution in [2.45, 2.75) is 25.6 Å². The molecule has 1 aliphatic rings. The molecule has 1 saturated heterocycles. The van der Waals surface area contributed by atoms with E-state index >= 15 is 0 Å². The predicted octanol–water partition coefficient (Wildman–Crippen LogP) is 3.61. The van der Waals surface area contributed by atoms with Gasteiger partial charge in [0.1, 0.15) is 0 Å². The summed E-state index contributed by atoms with van der Waals surface area (Å²) in [5.41, 5.74) is 0.448. The van der Waals surface area contributed by atoms with Crippen LogP contribution in [0.15, 0.2) is 48.5 Å². The summed E-state index contributed by atoms with van der Waals surface area (Å²) in [7, 11) is 0. The molecule has 0 spiro atoms. The predicted molar refractivity (Wildman–Crippen MR) is 90.6 cm³/mol. The second-order valence-electron chi connectivity index (χ2n) is 6.10. The first kappa shape index (κ1) is 18.6. The molecule has 0 saturated carbocycles. The van der Waals surface area contributed by atoms with Crippen LogP contribution in [-0.4, -0.2) is 22.6 Å². The number of hydrogen-bond acceptors (Lipinski definition) is 3. The average molecular weight is 376 g/mol. The molecule has 2 aromatic rings. The van der Waals surface area contributed by atoms with E-state index in [4.69, 9.17) is 0 Å². The number of imide groups is 1. The highest BCUT2D eigenvalue weighted by atomic mass is 19.4. The van der Waals surface area contributed by atoms with Crippen LogP contribution >= 0.6 is 0 Å². The molecule has 1 fully saturated rings. The van der Waals surface area contributed by atoms with E-state index in [9.17, 15) is 27.6 Å². The second kappa shape index (κ2) is 7.22. The minimum absolute atomic E-state index is 0.151. The van der Waals surface area contributed by atoms with Crippen molar-refractivity contribution in [3.05, 3.63) is 65.2 Å². The van der Waals surface area contributed by atoms with Gasteiger partial charge in [-0.3, -0.25) is 19.3 Å². The van der Waals surface area contributed by atoms with Gasteiger partial charge in [-0.05, 0) is 42.0 Å². The van der Waals surface area contributed by atoms with Gasteiger partial charge in [-0.25, -0.2) is 0 Å². The van der Waals surface area contributed by atoms with Crippen LogP contribution in [0.25, 0.3) is 0 Å². The van der Waals surface area contributed by atoms with Gasteiger partial charge in [0.2, 0.25) is 11.8 Å². The van der Waals surface area contributed by atoms with Crippen molar-refractivity contribution in [2.24, 2.45) is 0 Å². The normalized spacial score (nSPS) is 14.6. The minimum Gasteiger partial charge on any atom is -0.322 e. The third-order valence-corrected chi connectivity index (χ3v) is 4.18. The van der Waals surface area contributed by atoms with Crippen LogP contribution in [0, 0.1) is 0 Å². The van der Waals surface area contributed by atoms with E-state index in [-0.39, 0.29) is 36.9 Å². The lowest BCUT2D eigenvalue weighted by Gasteiger charge is -2.14. The Hall–Kier alpha value is -3.16. The fourth-order valence-electron chi connectivity index (χ4n) is 2.69. The van der Waals surface area contributed by atoms with Gasteiger partial charge in [0.15, 0.2) is 0 Å². The van der Waals surface area contributed by atoms with Crippen molar-refractivity contribution in [2.75, 3.05) is 5.32 Å². The highest BCUT2D eigenvalue weighted by molar-refractivity contribution is 6.04. The van der Waals surface area contributed by atoms with Crippen LogP contribution < -0.4 is 5.32 Å². The first-order valence-electron chi connectivity index (χ1n) is 8.15. The zero-order chi connectivity index (χ0) is 19.6. The van der Waals surface area contributed by atoms with Crippen LogP contribution in [0.1, 0.15) is 34.3 Å². The standard InChI is InChI=1S/C19H15F3N2O3/c20-19(21,22)14-5-7-15(8-6-14)23-18(27)13-3-1-12(2-4-13)11-24-16(25)9-10-17(24)26/h1-8H,9-11H2,(H,23,27). The number of alkyl halides is 3. The largest absolute Gasteiger partial charge is 0.416 e. The lowest BCUT2D eigenvalue weighted by atomic mass is 10.1. The molecule has 140 valence electrons. The molecule has 3 amide bonds. The Labute approximate surface area is 152 Å². The van der Waals surface area contributed by atoms with E-state index in [2.05, 4.69) is 5.32 Å². The third-order valence-electron chi connectivity index (χ3n) is 4.18. The number of likely N-dealkylation sites (tertiary alicyclic amines) is 1. The van der Waals surface area contributed by atoms with E-state index in [1.165, 1.54) is 29.2 Å². The molecule has 0 aromatic heterocycles. The van der Waals surface area contributed by atoms with Crippen LogP contribution in [0.4, 0.5) is 18.9 Å². The molecule has 2 aromatic carbocycles. The molecular weight excluding hydrogens is 361 g/mol. The van der Waals surface area contributed by atoms with Gasteiger partial charge in [-0.15, -0.1) is 0 Å². The zero-order valence-electron chi connectivity index (χ0n) is 14.0. The van der Waals surface area contributed by atoms with E-state index < -0.39 is 17.6 Å². The molecule has 0 radical (unpaired) electrons. The Morgan fingerprint density at radius 3 is 2.00 bits per heavy atom. The average Bonchev–Trinajstić information content (AvgIpc) is 2.94. The Morgan fingerprint density at radius 2 is 1.48 bits per heavy atom. The molecule has 5 nitrogen and oxygen atoms in total. The molecule has 27 heavy (non-hydrogen) atoms. The van der Waals surface area contributed by atoms with E-state index in [0.717, 1.165) is 12.1 Å².